The van der Waals surface area contributed by atoms with Gasteiger partial charge in [-0.1, -0.05) is 12.2 Å². The molecule has 0 saturated carbocycles. The van der Waals surface area contributed by atoms with Crippen LogP contribution in [0.2, 0.25) is 0 Å². The molecule has 0 aliphatic heterocycles. The fourth-order valence-corrected chi connectivity index (χ4v) is 1.08. The van der Waals surface area contributed by atoms with Crippen molar-refractivity contribution in [1.82, 2.24) is 0 Å². The number of aliphatic hydroxyl groups is 1. The Morgan fingerprint density at radius 1 is 0.938 bits per heavy atom. The Morgan fingerprint density at radius 2 is 1.38 bits per heavy atom. The van der Waals surface area contributed by atoms with Crippen LogP contribution in [-0.2, 0) is 0 Å². The van der Waals surface area contributed by atoms with E-state index in [0.717, 1.165) is 6.08 Å². The quantitative estimate of drug-likeness (QED) is 0.456. The molecule has 0 aromatic carbocycles. The van der Waals surface area contributed by atoms with Gasteiger partial charge in [0.05, 0.1) is 0 Å². The summed E-state index contributed by atoms with van der Waals surface area (Å²) < 4.78 is 72.6. The van der Waals surface area contributed by atoms with Crippen LogP contribution in [0.25, 0.3) is 0 Å². The van der Waals surface area contributed by atoms with Gasteiger partial charge in [-0.05, 0) is 12.8 Å². The second-order valence-electron chi connectivity index (χ2n) is 3.05. The molecule has 0 heterocycles. The molecule has 0 radical (unpaired) electrons. The van der Waals surface area contributed by atoms with Crippen molar-refractivity contribution in [1.29, 1.82) is 0 Å². The molecule has 96 valence electrons. The van der Waals surface area contributed by atoms with Crippen LogP contribution in [0.1, 0.15) is 12.8 Å². The molecule has 0 saturated heterocycles. The minimum absolute atomic E-state index is 0.205. The third-order valence-electron chi connectivity index (χ3n) is 1.88. The van der Waals surface area contributed by atoms with Crippen LogP contribution in [0, 0.1) is 0 Å². The van der Waals surface area contributed by atoms with E-state index in [9.17, 15) is 26.3 Å². The second-order valence-corrected chi connectivity index (χ2v) is 3.41. The van der Waals surface area contributed by atoms with Crippen LogP contribution >= 0.6 is 12.6 Å². The molecule has 0 atom stereocenters. The summed E-state index contributed by atoms with van der Waals surface area (Å²) in [6, 6.07) is 0. The van der Waals surface area contributed by atoms with Crippen molar-refractivity contribution >= 4 is 12.6 Å². The van der Waals surface area contributed by atoms with Crippen molar-refractivity contribution in [3.05, 3.63) is 12.2 Å². The van der Waals surface area contributed by atoms with Crippen molar-refractivity contribution in [2.24, 2.45) is 0 Å². The number of thiol groups is 1. The van der Waals surface area contributed by atoms with E-state index in [2.05, 4.69) is 12.6 Å². The highest BCUT2D eigenvalue weighted by atomic mass is 32.1. The van der Waals surface area contributed by atoms with Crippen LogP contribution in [-0.4, -0.2) is 28.8 Å². The molecule has 8 heteroatoms. The Balaban J connectivity index is 4.78. The fourth-order valence-electron chi connectivity index (χ4n) is 0.929. The van der Waals surface area contributed by atoms with Crippen LogP contribution in [0.15, 0.2) is 12.2 Å². The monoisotopic (exact) mass is 268 g/mol. The lowest BCUT2D eigenvalue weighted by molar-refractivity contribution is -0.369. The standard InChI is InChI=1S/C8H10F6OS/c9-7(10,11)6(15,8(12,13)14)4-2-1-3-5-16/h1,3,15-16H,2,4-5H2. The van der Waals surface area contributed by atoms with Gasteiger partial charge in [-0.2, -0.15) is 39.0 Å². The number of hydrogen-bond acceptors (Lipinski definition) is 2. The van der Waals surface area contributed by atoms with Gasteiger partial charge in [0.25, 0.3) is 5.60 Å². The van der Waals surface area contributed by atoms with E-state index in [4.69, 9.17) is 5.11 Å². The zero-order valence-corrected chi connectivity index (χ0v) is 8.83. The minimum atomic E-state index is -5.74. The van der Waals surface area contributed by atoms with Crippen molar-refractivity contribution in [3.8, 4) is 0 Å². The molecule has 0 aromatic heterocycles. The average Bonchev–Trinajstić information content (AvgIpc) is 2.08. The zero-order chi connectivity index (χ0) is 13.0. The highest BCUT2D eigenvalue weighted by Crippen LogP contribution is 2.45. The summed E-state index contributed by atoms with van der Waals surface area (Å²) in [6.07, 6.45) is -11.0. The predicted molar refractivity (Wildman–Crippen MR) is 49.3 cm³/mol. The lowest BCUT2D eigenvalue weighted by Gasteiger charge is -2.31. The summed E-state index contributed by atoms with van der Waals surface area (Å²) in [5, 5.41) is 8.68. The normalized spacial score (nSPS) is 14.8. The predicted octanol–water partition coefficient (Wildman–Crippen LogP) is 3.11. The Kier molecular flexibility index (Phi) is 5.18. The molecule has 1 N–H and O–H groups in total. The number of halogens is 6. The maximum atomic E-state index is 12.1. The highest BCUT2D eigenvalue weighted by Gasteiger charge is 2.69. The Bertz CT molecular complexity index is 230. The zero-order valence-electron chi connectivity index (χ0n) is 7.94. The number of alkyl halides is 6. The van der Waals surface area contributed by atoms with Gasteiger partial charge in [-0.3, -0.25) is 0 Å². The molecule has 0 bridgehead atoms. The molecule has 1 nitrogen and oxygen atoms in total. The van der Waals surface area contributed by atoms with E-state index < -0.39 is 30.8 Å². The molecule has 0 fully saturated rings. The summed E-state index contributed by atoms with van der Waals surface area (Å²) in [7, 11) is 0. The van der Waals surface area contributed by atoms with E-state index in [1.54, 1.807) is 0 Å². The molecule has 0 spiro atoms. The maximum Gasteiger partial charge on any atom is 0.426 e. The Morgan fingerprint density at radius 3 is 1.69 bits per heavy atom. The number of rotatable bonds is 4. The Labute approximate surface area is 93.5 Å². The molecule has 0 rings (SSSR count). The van der Waals surface area contributed by atoms with Gasteiger partial charge in [0.2, 0.25) is 0 Å². The van der Waals surface area contributed by atoms with Crippen molar-refractivity contribution in [3.63, 3.8) is 0 Å². The van der Waals surface area contributed by atoms with Crippen molar-refractivity contribution in [2.75, 3.05) is 5.75 Å². The van der Waals surface area contributed by atoms with Gasteiger partial charge in [-0.15, -0.1) is 0 Å². The summed E-state index contributed by atoms with van der Waals surface area (Å²) in [4.78, 5) is 0. The molecule has 16 heavy (non-hydrogen) atoms. The van der Waals surface area contributed by atoms with Crippen LogP contribution in [0.5, 0.6) is 0 Å². The fraction of sp³-hybridized carbons (Fsp3) is 0.750. The first kappa shape index (κ1) is 15.6. The van der Waals surface area contributed by atoms with Crippen LogP contribution in [0.4, 0.5) is 26.3 Å². The summed E-state index contributed by atoms with van der Waals surface area (Å²) in [5.74, 6) is 0.205. The summed E-state index contributed by atoms with van der Waals surface area (Å²) in [5.41, 5.74) is -4.65. The van der Waals surface area contributed by atoms with E-state index in [1.165, 1.54) is 6.08 Å². The molecular formula is C8H10F6OS. The number of allylic oxidation sites excluding steroid dienone is 1. The SMILES string of the molecule is OC(CCC=CCS)(C(F)(F)F)C(F)(F)F. The molecule has 0 aliphatic carbocycles. The number of hydrogen-bond donors (Lipinski definition) is 2. The van der Waals surface area contributed by atoms with Gasteiger partial charge in [0.1, 0.15) is 0 Å². The Hall–Kier alpha value is -0.370. The van der Waals surface area contributed by atoms with Gasteiger partial charge < -0.3 is 5.11 Å². The summed E-state index contributed by atoms with van der Waals surface area (Å²) in [6.45, 7) is 0. The topological polar surface area (TPSA) is 20.2 Å². The summed E-state index contributed by atoms with van der Waals surface area (Å²) >= 11 is 3.69. The largest absolute Gasteiger partial charge is 0.426 e. The van der Waals surface area contributed by atoms with Crippen LogP contribution in [0.3, 0.4) is 0 Å². The first-order chi connectivity index (χ1) is 7.06. The second kappa shape index (κ2) is 5.31. The van der Waals surface area contributed by atoms with Crippen LogP contribution < -0.4 is 0 Å². The molecule has 0 unspecified atom stereocenters. The molecule has 0 aliphatic rings. The first-order valence-electron chi connectivity index (χ1n) is 4.18. The van der Waals surface area contributed by atoms with E-state index in [-0.39, 0.29) is 5.75 Å². The minimum Gasteiger partial charge on any atom is -0.374 e. The molecular weight excluding hydrogens is 258 g/mol. The van der Waals surface area contributed by atoms with E-state index in [0.29, 0.717) is 0 Å². The third-order valence-corrected chi connectivity index (χ3v) is 2.09. The van der Waals surface area contributed by atoms with Gasteiger partial charge in [0, 0.05) is 5.75 Å². The van der Waals surface area contributed by atoms with Gasteiger partial charge in [-0.25, -0.2) is 0 Å². The molecule has 0 aromatic rings. The lowest BCUT2D eigenvalue weighted by atomic mass is 9.96. The average molecular weight is 268 g/mol. The highest BCUT2D eigenvalue weighted by molar-refractivity contribution is 7.80. The van der Waals surface area contributed by atoms with Gasteiger partial charge in [0.15, 0.2) is 0 Å². The lowest BCUT2D eigenvalue weighted by Crippen LogP contribution is -2.56. The maximum absolute atomic E-state index is 12.1. The van der Waals surface area contributed by atoms with E-state index in [1.807, 2.05) is 0 Å². The van der Waals surface area contributed by atoms with Gasteiger partial charge >= 0.3 is 12.4 Å². The molecule has 0 amide bonds. The van der Waals surface area contributed by atoms with Crippen molar-refractivity contribution < 1.29 is 31.4 Å². The smallest absolute Gasteiger partial charge is 0.374 e. The van der Waals surface area contributed by atoms with E-state index >= 15 is 0 Å². The van der Waals surface area contributed by atoms with Crippen molar-refractivity contribution in [2.45, 2.75) is 30.8 Å². The first-order valence-corrected chi connectivity index (χ1v) is 4.81. The third kappa shape index (κ3) is 3.58.